The van der Waals surface area contributed by atoms with Crippen molar-refractivity contribution in [2.24, 2.45) is 5.73 Å². The van der Waals surface area contributed by atoms with Crippen LogP contribution in [0.5, 0.6) is 0 Å². The standard InChI is InChI=1S/C9H11NO/c10-7-9-3-1-2-8(6-9)4-5-11/h1-3,5-6H,4,7,10H2. The van der Waals surface area contributed by atoms with Crippen LogP contribution in [0.15, 0.2) is 24.3 Å². The summed E-state index contributed by atoms with van der Waals surface area (Å²) in [4.78, 5) is 10.1. The number of nitrogens with two attached hydrogens (primary N) is 1. The molecule has 2 nitrogen and oxygen atoms in total. The highest BCUT2D eigenvalue weighted by atomic mass is 16.1. The summed E-state index contributed by atoms with van der Waals surface area (Å²) < 4.78 is 0. The summed E-state index contributed by atoms with van der Waals surface area (Å²) in [6.07, 6.45) is 1.38. The summed E-state index contributed by atoms with van der Waals surface area (Å²) >= 11 is 0. The van der Waals surface area contributed by atoms with Gasteiger partial charge in [-0.3, -0.25) is 0 Å². The highest BCUT2D eigenvalue weighted by Crippen LogP contribution is 2.03. The summed E-state index contributed by atoms with van der Waals surface area (Å²) in [6.45, 7) is 0.534. The van der Waals surface area contributed by atoms with Gasteiger partial charge in [0.15, 0.2) is 0 Å². The number of carbonyl (C=O) groups excluding carboxylic acids is 1. The van der Waals surface area contributed by atoms with Crippen LogP contribution in [0.1, 0.15) is 11.1 Å². The maximum Gasteiger partial charge on any atom is 0.124 e. The molecule has 2 heteroatoms. The molecule has 11 heavy (non-hydrogen) atoms. The van der Waals surface area contributed by atoms with Crippen LogP contribution in [0.3, 0.4) is 0 Å². The summed E-state index contributed by atoms with van der Waals surface area (Å²) in [5.74, 6) is 0. The minimum absolute atomic E-state index is 0.480. The third kappa shape index (κ3) is 2.16. The van der Waals surface area contributed by atoms with Crippen LogP contribution in [0.2, 0.25) is 0 Å². The summed E-state index contributed by atoms with van der Waals surface area (Å²) in [6, 6.07) is 7.75. The van der Waals surface area contributed by atoms with Gasteiger partial charge >= 0.3 is 0 Å². The molecule has 58 valence electrons. The molecule has 0 atom stereocenters. The lowest BCUT2D eigenvalue weighted by Crippen LogP contribution is -1.97. The van der Waals surface area contributed by atoms with Crippen LogP contribution in [0.25, 0.3) is 0 Å². The number of benzene rings is 1. The molecular formula is C9H11NO. The molecular weight excluding hydrogens is 138 g/mol. The van der Waals surface area contributed by atoms with Crippen LogP contribution in [-0.2, 0) is 17.8 Å². The lowest BCUT2D eigenvalue weighted by molar-refractivity contribution is -0.107. The second-order valence-corrected chi connectivity index (χ2v) is 2.39. The molecule has 0 aromatic heterocycles. The highest BCUT2D eigenvalue weighted by molar-refractivity contribution is 5.55. The fourth-order valence-electron chi connectivity index (χ4n) is 0.980. The first-order valence-corrected chi connectivity index (χ1v) is 3.58. The topological polar surface area (TPSA) is 43.1 Å². The van der Waals surface area contributed by atoms with Gasteiger partial charge in [-0.2, -0.15) is 0 Å². The van der Waals surface area contributed by atoms with Crippen molar-refractivity contribution >= 4 is 6.29 Å². The number of rotatable bonds is 3. The quantitative estimate of drug-likeness (QED) is 0.648. The van der Waals surface area contributed by atoms with Crippen molar-refractivity contribution in [1.29, 1.82) is 0 Å². The smallest absolute Gasteiger partial charge is 0.124 e. The first-order valence-electron chi connectivity index (χ1n) is 3.58. The van der Waals surface area contributed by atoms with E-state index in [-0.39, 0.29) is 0 Å². The van der Waals surface area contributed by atoms with E-state index in [4.69, 9.17) is 5.73 Å². The van der Waals surface area contributed by atoms with E-state index >= 15 is 0 Å². The van der Waals surface area contributed by atoms with Gasteiger partial charge in [0.25, 0.3) is 0 Å². The van der Waals surface area contributed by atoms with Crippen molar-refractivity contribution < 1.29 is 4.79 Å². The monoisotopic (exact) mass is 149 g/mol. The van der Waals surface area contributed by atoms with Crippen molar-refractivity contribution in [3.8, 4) is 0 Å². The van der Waals surface area contributed by atoms with Crippen molar-refractivity contribution in [3.63, 3.8) is 0 Å². The SMILES string of the molecule is NCc1cccc(CC=O)c1. The Balaban J connectivity index is 2.82. The highest BCUT2D eigenvalue weighted by Gasteiger charge is 1.92. The Labute approximate surface area is 66.0 Å². The predicted octanol–water partition coefficient (Wildman–Crippen LogP) is 0.887. The Morgan fingerprint density at radius 1 is 1.36 bits per heavy atom. The fourth-order valence-corrected chi connectivity index (χ4v) is 0.980. The van der Waals surface area contributed by atoms with Crippen molar-refractivity contribution in [2.45, 2.75) is 13.0 Å². The number of hydrogen-bond acceptors (Lipinski definition) is 2. The molecule has 0 saturated carbocycles. The first kappa shape index (κ1) is 7.95. The van der Waals surface area contributed by atoms with Gasteiger partial charge in [0.1, 0.15) is 6.29 Å². The number of carbonyl (C=O) groups is 1. The normalized spacial score (nSPS) is 9.55. The summed E-state index contributed by atoms with van der Waals surface area (Å²) in [5.41, 5.74) is 7.53. The average Bonchev–Trinajstić information content (AvgIpc) is 2.06. The molecule has 0 radical (unpaired) electrons. The van der Waals surface area contributed by atoms with Gasteiger partial charge in [-0.15, -0.1) is 0 Å². The zero-order valence-corrected chi connectivity index (χ0v) is 6.29. The van der Waals surface area contributed by atoms with Gasteiger partial charge in [0.2, 0.25) is 0 Å². The van der Waals surface area contributed by atoms with Gasteiger partial charge < -0.3 is 10.5 Å². The van der Waals surface area contributed by atoms with E-state index in [2.05, 4.69) is 0 Å². The minimum atomic E-state index is 0.480. The average molecular weight is 149 g/mol. The van der Waals surface area contributed by atoms with Crippen molar-refractivity contribution in [3.05, 3.63) is 35.4 Å². The Bertz CT molecular complexity index is 245. The molecule has 1 aromatic carbocycles. The van der Waals surface area contributed by atoms with E-state index in [9.17, 15) is 4.79 Å². The van der Waals surface area contributed by atoms with E-state index in [1.165, 1.54) is 0 Å². The van der Waals surface area contributed by atoms with Gasteiger partial charge in [-0.05, 0) is 11.1 Å². The van der Waals surface area contributed by atoms with Gasteiger partial charge in [0, 0.05) is 13.0 Å². The van der Waals surface area contributed by atoms with Crippen LogP contribution in [0, 0.1) is 0 Å². The molecule has 0 aliphatic rings. The van der Waals surface area contributed by atoms with Gasteiger partial charge in [0.05, 0.1) is 0 Å². The van der Waals surface area contributed by atoms with Crippen molar-refractivity contribution in [2.75, 3.05) is 0 Å². The molecule has 1 rings (SSSR count). The van der Waals surface area contributed by atoms with E-state index in [0.29, 0.717) is 13.0 Å². The third-order valence-electron chi connectivity index (χ3n) is 1.55. The van der Waals surface area contributed by atoms with Crippen LogP contribution >= 0.6 is 0 Å². The second kappa shape index (κ2) is 3.88. The zero-order valence-electron chi connectivity index (χ0n) is 6.29. The van der Waals surface area contributed by atoms with Gasteiger partial charge in [-0.1, -0.05) is 24.3 Å². The zero-order chi connectivity index (χ0) is 8.10. The number of aldehydes is 1. The first-order chi connectivity index (χ1) is 5.36. The molecule has 0 amide bonds. The minimum Gasteiger partial charge on any atom is -0.326 e. The molecule has 2 N–H and O–H groups in total. The molecule has 0 saturated heterocycles. The van der Waals surface area contributed by atoms with E-state index in [0.717, 1.165) is 17.4 Å². The van der Waals surface area contributed by atoms with Crippen molar-refractivity contribution in [1.82, 2.24) is 0 Å². The molecule has 0 bridgehead atoms. The lowest BCUT2D eigenvalue weighted by Gasteiger charge is -1.98. The summed E-state index contributed by atoms with van der Waals surface area (Å²) in [5, 5.41) is 0. The van der Waals surface area contributed by atoms with Crippen LogP contribution in [-0.4, -0.2) is 6.29 Å². The molecule has 1 aromatic rings. The third-order valence-corrected chi connectivity index (χ3v) is 1.55. The molecule has 0 spiro atoms. The molecule has 0 fully saturated rings. The Morgan fingerprint density at radius 3 is 2.73 bits per heavy atom. The molecule has 0 heterocycles. The Hall–Kier alpha value is -1.15. The van der Waals surface area contributed by atoms with Gasteiger partial charge in [-0.25, -0.2) is 0 Å². The van der Waals surface area contributed by atoms with Crippen LogP contribution in [0.4, 0.5) is 0 Å². The molecule has 0 aliphatic carbocycles. The molecule has 0 unspecified atom stereocenters. The Kier molecular flexibility index (Phi) is 2.81. The largest absolute Gasteiger partial charge is 0.326 e. The van der Waals surface area contributed by atoms with Crippen LogP contribution < -0.4 is 5.73 Å². The Morgan fingerprint density at radius 2 is 2.09 bits per heavy atom. The fraction of sp³-hybridized carbons (Fsp3) is 0.222. The van der Waals surface area contributed by atoms with E-state index in [1.807, 2.05) is 24.3 Å². The molecule has 0 aliphatic heterocycles. The van der Waals surface area contributed by atoms with E-state index < -0.39 is 0 Å². The maximum absolute atomic E-state index is 10.1. The summed E-state index contributed by atoms with van der Waals surface area (Å²) in [7, 11) is 0. The van der Waals surface area contributed by atoms with E-state index in [1.54, 1.807) is 0 Å². The predicted molar refractivity (Wildman–Crippen MR) is 44.1 cm³/mol. The maximum atomic E-state index is 10.1. The second-order valence-electron chi connectivity index (χ2n) is 2.39. The lowest BCUT2D eigenvalue weighted by atomic mass is 10.1. The number of hydrogen-bond donors (Lipinski definition) is 1.